The van der Waals surface area contributed by atoms with Crippen molar-refractivity contribution in [1.82, 2.24) is 19.5 Å². The van der Waals surface area contributed by atoms with Crippen molar-refractivity contribution in [2.75, 3.05) is 49.9 Å². The third-order valence-corrected chi connectivity index (χ3v) is 11.1. The van der Waals surface area contributed by atoms with Crippen LogP contribution in [-0.4, -0.2) is 94.8 Å². The van der Waals surface area contributed by atoms with Crippen LogP contribution in [0, 0.1) is 0 Å². The number of nitrogens with zero attached hydrogens (tertiary/aromatic N) is 4. The zero-order chi connectivity index (χ0) is 24.5. The molecule has 0 spiro atoms. The molecule has 0 aliphatic rings. The van der Waals surface area contributed by atoms with Gasteiger partial charge in [0.1, 0.15) is 5.52 Å². The quantitative estimate of drug-likeness (QED) is 0.198. The van der Waals surface area contributed by atoms with Gasteiger partial charge in [0.15, 0.2) is 11.0 Å². The number of aliphatic hydroxyl groups is 2. The molecule has 2 aromatic rings. The highest BCUT2D eigenvalue weighted by molar-refractivity contribution is 8.29. The summed E-state index contributed by atoms with van der Waals surface area (Å²) in [5.74, 6) is 1.41. The SMILES string of the molecule is COc1ncc2ncn(CCOC(CCS(=S)CCO)(CCS(=S)CCO)P(=O)(O)O)c2n1. The molecule has 2 atom stereocenters. The maximum atomic E-state index is 12.6. The predicted octanol–water partition coefficient (Wildman–Crippen LogP) is -0.349. The van der Waals surface area contributed by atoms with Crippen LogP contribution in [0.15, 0.2) is 12.5 Å². The van der Waals surface area contributed by atoms with Crippen molar-refractivity contribution < 1.29 is 34.0 Å². The van der Waals surface area contributed by atoms with Gasteiger partial charge in [-0.25, -0.2) is 9.97 Å². The third-order valence-electron chi connectivity index (χ3n) is 4.83. The first-order chi connectivity index (χ1) is 15.7. The van der Waals surface area contributed by atoms with Crippen LogP contribution in [0.3, 0.4) is 0 Å². The Morgan fingerprint density at radius 2 is 1.70 bits per heavy atom. The molecule has 188 valence electrons. The Bertz CT molecular complexity index is 981. The minimum atomic E-state index is -4.73. The Balaban J connectivity index is 2.21. The maximum absolute atomic E-state index is 12.6. The van der Waals surface area contributed by atoms with Crippen molar-refractivity contribution in [3.63, 3.8) is 0 Å². The largest absolute Gasteiger partial charge is 0.467 e. The summed E-state index contributed by atoms with van der Waals surface area (Å²) < 4.78 is 25.3. The maximum Gasteiger partial charge on any atom is 0.357 e. The molecule has 0 saturated carbocycles. The molecule has 16 heteroatoms. The van der Waals surface area contributed by atoms with Crippen LogP contribution >= 0.6 is 7.60 Å². The van der Waals surface area contributed by atoms with E-state index in [-0.39, 0.29) is 45.2 Å². The van der Waals surface area contributed by atoms with Crippen molar-refractivity contribution in [3.05, 3.63) is 12.5 Å². The summed E-state index contributed by atoms with van der Waals surface area (Å²) in [6.07, 6.45) is 3.15. The lowest BCUT2D eigenvalue weighted by Gasteiger charge is -2.35. The van der Waals surface area contributed by atoms with Gasteiger partial charge in [-0.15, -0.1) is 18.9 Å². The number of hydrogen-bond donors (Lipinski definition) is 4. The number of aliphatic hydroxyl groups excluding tert-OH is 2. The van der Waals surface area contributed by atoms with E-state index in [9.17, 15) is 14.4 Å². The van der Waals surface area contributed by atoms with Gasteiger partial charge in [-0.1, -0.05) is 22.4 Å². The van der Waals surface area contributed by atoms with Crippen molar-refractivity contribution in [2.45, 2.75) is 24.7 Å². The van der Waals surface area contributed by atoms with E-state index in [4.69, 9.17) is 42.1 Å². The number of rotatable bonds is 16. The Hall–Kier alpha value is -0.480. The average molecular weight is 561 g/mol. The van der Waals surface area contributed by atoms with Gasteiger partial charge >= 0.3 is 13.6 Å². The van der Waals surface area contributed by atoms with Crippen molar-refractivity contribution in [1.29, 1.82) is 0 Å². The summed E-state index contributed by atoms with van der Waals surface area (Å²) in [7, 11) is -4.53. The van der Waals surface area contributed by atoms with Crippen molar-refractivity contribution in [3.8, 4) is 6.01 Å². The van der Waals surface area contributed by atoms with Gasteiger partial charge in [-0.2, -0.15) is 4.98 Å². The van der Waals surface area contributed by atoms with E-state index in [1.54, 1.807) is 10.9 Å². The van der Waals surface area contributed by atoms with Crippen LogP contribution in [0.25, 0.3) is 11.2 Å². The predicted molar refractivity (Wildman–Crippen MR) is 135 cm³/mol. The smallest absolute Gasteiger partial charge is 0.357 e. The van der Waals surface area contributed by atoms with Crippen LogP contribution in [-0.2, 0) is 57.1 Å². The molecule has 2 rings (SSSR count). The molecule has 0 radical (unpaired) electrons. The van der Waals surface area contributed by atoms with Crippen LogP contribution in [0.5, 0.6) is 6.01 Å². The number of fused-ring (bicyclic) bond motifs is 1. The fourth-order valence-electron chi connectivity index (χ4n) is 3.03. The van der Waals surface area contributed by atoms with E-state index in [1.807, 2.05) is 0 Å². The van der Waals surface area contributed by atoms with Gasteiger partial charge in [0.25, 0.3) is 0 Å². The lowest BCUT2D eigenvalue weighted by Crippen LogP contribution is -2.37. The molecule has 0 saturated heterocycles. The topological polar surface area (TPSA) is 160 Å². The first-order valence-corrected chi connectivity index (χ1v) is 16.6. The lowest BCUT2D eigenvalue weighted by molar-refractivity contribution is -0.00848. The van der Waals surface area contributed by atoms with E-state index in [0.29, 0.717) is 34.2 Å². The first-order valence-electron chi connectivity index (χ1n) is 9.99. The molecule has 2 aromatic heterocycles. The van der Waals surface area contributed by atoms with Gasteiger partial charge in [0.2, 0.25) is 0 Å². The van der Waals surface area contributed by atoms with E-state index in [1.165, 1.54) is 13.3 Å². The van der Waals surface area contributed by atoms with Gasteiger partial charge in [-0.3, -0.25) is 4.57 Å². The molecule has 0 aliphatic heterocycles. The molecule has 0 fully saturated rings. The van der Waals surface area contributed by atoms with Gasteiger partial charge < -0.3 is 34.0 Å². The van der Waals surface area contributed by atoms with Crippen molar-refractivity contribution in [2.24, 2.45) is 0 Å². The Morgan fingerprint density at radius 3 is 2.21 bits per heavy atom. The summed E-state index contributed by atoms with van der Waals surface area (Å²) in [6.45, 7) is 0.0627. The average Bonchev–Trinajstić information content (AvgIpc) is 3.17. The molecular formula is C17H29N4O7PS4. The lowest BCUT2D eigenvalue weighted by atomic mass is 10.2. The first kappa shape index (κ1) is 28.8. The van der Waals surface area contributed by atoms with E-state index in [0.717, 1.165) is 0 Å². The Morgan fingerprint density at radius 1 is 1.09 bits per heavy atom. The number of hydrogen-bond acceptors (Lipinski definition) is 10. The van der Waals surface area contributed by atoms with Crippen LogP contribution in [0.4, 0.5) is 0 Å². The number of imidazole rings is 1. The highest BCUT2D eigenvalue weighted by atomic mass is 32.8. The Kier molecular flexibility index (Phi) is 11.8. The summed E-state index contributed by atoms with van der Waals surface area (Å²) >= 11 is 10.7. The second-order valence-electron chi connectivity index (χ2n) is 6.99. The molecule has 11 nitrogen and oxygen atoms in total. The Labute approximate surface area is 206 Å². The standard InChI is InChI=1S/C17H29N4O7PS4/c1-27-16-18-12-14-15(20-16)21(13-19-14)4-7-28-17(29(24,25)26,2-8-32(30)10-5-22)3-9-33(31)11-6-23/h12-13,22-23H,2-11H2,1H3,(H2,24,25,26). The fraction of sp³-hybridized carbons (Fsp3) is 0.706. The summed E-state index contributed by atoms with van der Waals surface area (Å²) in [5, 5.41) is 16.5. The minimum absolute atomic E-state index is 0.0146. The third kappa shape index (κ3) is 8.30. The van der Waals surface area contributed by atoms with Gasteiger partial charge in [0.05, 0.1) is 39.5 Å². The van der Waals surface area contributed by atoms with Crippen LogP contribution in [0.2, 0.25) is 0 Å². The summed E-state index contributed by atoms with van der Waals surface area (Å²) in [5.41, 5.74) is 1.06. The number of aromatic nitrogens is 4. The zero-order valence-corrected chi connectivity index (χ0v) is 22.3. The fourth-order valence-corrected chi connectivity index (χ4v) is 7.28. The molecular weight excluding hydrogens is 531 g/mol. The number of ether oxygens (including phenoxy) is 2. The molecule has 33 heavy (non-hydrogen) atoms. The van der Waals surface area contributed by atoms with E-state index < -0.39 is 31.8 Å². The second-order valence-corrected chi connectivity index (χ2v) is 15.1. The molecule has 2 heterocycles. The van der Waals surface area contributed by atoms with Crippen LogP contribution < -0.4 is 4.74 Å². The van der Waals surface area contributed by atoms with Gasteiger partial charge in [-0.05, 0) is 12.8 Å². The molecule has 0 aromatic carbocycles. The zero-order valence-electron chi connectivity index (χ0n) is 18.1. The molecule has 2 unspecified atom stereocenters. The van der Waals surface area contributed by atoms with E-state index >= 15 is 0 Å². The number of methoxy groups -OCH3 is 1. The molecule has 0 aliphatic carbocycles. The summed E-state index contributed by atoms with van der Waals surface area (Å²) in [6, 6.07) is 0.178. The second kappa shape index (κ2) is 13.6. The monoisotopic (exact) mass is 560 g/mol. The van der Waals surface area contributed by atoms with Crippen molar-refractivity contribution >= 4 is 60.0 Å². The van der Waals surface area contributed by atoms with Gasteiger partial charge in [0, 0.05) is 29.6 Å². The minimum Gasteiger partial charge on any atom is -0.467 e. The highest BCUT2D eigenvalue weighted by Crippen LogP contribution is 2.55. The van der Waals surface area contributed by atoms with Crippen LogP contribution in [0.1, 0.15) is 12.8 Å². The highest BCUT2D eigenvalue weighted by Gasteiger charge is 2.47. The molecule has 0 amide bonds. The normalized spacial score (nSPS) is 15.9. The molecule has 0 bridgehead atoms. The van der Waals surface area contributed by atoms with E-state index in [2.05, 4.69) is 15.0 Å². The molecule has 4 N–H and O–H groups in total. The summed E-state index contributed by atoms with van der Waals surface area (Å²) in [4.78, 5) is 33.0.